The minimum absolute atomic E-state index is 0.194. The van der Waals surface area contributed by atoms with Gasteiger partial charge in [-0.2, -0.15) is 0 Å². The van der Waals surface area contributed by atoms with Crippen molar-refractivity contribution in [1.82, 2.24) is 0 Å². The lowest BCUT2D eigenvalue weighted by molar-refractivity contribution is -0.134. The standard InChI is InChI=1S/C7H8.C2H4O2.CH2Cl2/c1-7-5-3-2-4-6-7;1-2(3)4;2-1-3/h2-6H,1H3;1H3,(H,3,4);1H2. The highest BCUT2D eigenvalue weighted by Gasteiger charge is 1.72. The molecule has 1 aromatic rings. The lowest BCUT2D eigenvalue weighted by atomic mass is 10.2. The van der Waals surface area contributed by atoms with Gasteiger partial charge in [-0.3, -0.25) is 4.79 Å². The summed E-state index contributed by atoms with van der Waals surface area (Å²) in [5, 5.41) is 7.61. The Kier molecular flexibility index (Phi) is 13.8. The van der Waals surface area contributed by atoms with Crippen LogP contribution in [0.4, 0.5) is 0 Å². The van der Waals surface area contributed by atoms with Crippen molar-refractivity contribution in [2.75, 3.05) is 5.34 Å². The molecule has 0 fully saturated rings. The molecule has 0 aromatic heterocycles. The Morgan fingerprint density at radius 1 is 1.29 bits per heavy atom. The zero-order valence-electron chi connectivity index (χ0n) is 8.21. The van der Waals surface area contributed by atoms with E-state index in [-0.39, 0.29) is 5.34 Å². The second-order valence-corrected chi connectivity index (χ2v) is 3.08. The maximum atomic E-state index is 9.00. The van der Waals surface area contributed by atoms with Crippen LogP contribution in [0.1, 0.15) is 12.5 Å². The summed E-state index contributed by atoms with van der Waals surface area (Å²) in [6.07, 6.45) is 0. The summed E-state index contributed by atoms with van der Waals surface area (Å²) < 4.78 is 0. The van der Waals surface area contributed by atoms with Crippen LogP contribution in [-0.2, 0) is 4.79 Å². The highest BCUT2D eigenvalue weighted by molar-refractivity contribution is 6.40. The fourth-order valence-corrected chi connectivity index (χ4v) is 0.534. The molecule has 0 heterocycles. The van der Waals surface area contributed by atoms with E-state index in [0.717, 1.165) is 6.92 Å². The van der Waals surface area contributed by atoms with E-state index in [1.165, 1.54) is 5.56 Å². The average Bonchev–Trinajstić information content (AvgIpc) is 2.05. The molecule has 4 heteroatoms. The molecule has 0 unspecified atom stereocenters. The number of alkyl halides is 2. The predicted octanol–water partition coefficient (Wildman–Crippen LogP) is 3.51. The van der Waals surface area contributed by atoms with Gasteiger partial charge in [0.25, 0.3) is 5.97 Å². The van der Waals surface area contributed by atoms with E-state index >= 15 is 0 Å². The molecule has 0 bridgehead atoms. The maximum absolute atomic E-state index is 9.00. The van der Waals surface area contributed by atoms with Crippen molar-refractivity contribution < 1.29 is 9.90 Å². The average molecular weight is 237 g/mol. The molecule has 1 N–H and O–H groups in total. The number of halogens is 2. The molecule has 0 saturated heterocycles. The normalized spacial score (nSPS) is 7.43. The molecule has 2 nitrogen and oxygen atoms in total. The monoisotopic (exact) mass is 236 g/mol. The SMILES string of the molecule is CC(=O)O.Cc1ccccc1.ClCCl. The highest BCUT2D eigenvalue weighted by Crippen LogP contribution is 1.92. The number of hydrogen-bond acceptors (Lipinski definition) is 1. The van der Waals surface area contributed by atoms with Gasteiger partial charge in [-0.05, 0) is 6.92 Å². The first kappa shape index (κ1) is 15.7. The van der Waals surface area contributed by atoms with E-state index in [4.69, 9.17) is 33.1 Å². The Labute approximate surface area is 94.5 Å². The van der Waals surface area contributed by atoms with E-state index in [2.05, 4.69) is 19.1 Å². The fraction of sp³-hybridized carbons (Fsp3) is 0.300. The molecule has 0 radical (unpaired) electrons. The number of carboxylic acid groups (broad SMARTS) is 1. The lowest BCUT2D eigenvalue weighted by Gasteiger charge is -1.82. The molecule has 0 atom stereocenters. The van der Waals surface area contributed by atoms with Gasteiger partial charge in [-0.25, -0.2) is 0 Å². The molecular weight excluding hydrogens is 223 g/mol. The molecule has 0 aliphatic carbocycles. The number of carboxylic acids is 1. The zero-order valence-corrected chi connectivity index (χ0v) is 9.72. The van der Waals surface area contributed by atoms with Crippen molar-refractivity contribution in [3.63, 3.8) is 0 Å². The Balaban J connectivity index is 0. The minimum atomic E-state index is -0.833. The van der Waals surface area contributed by atoms with Crippen LogP contribution in [0.5, 0.6) is 0 Å². The summed E-state index contributed by atoms with van der Waals surface area (Å²) in [5.74, 6) is -0.833. The summed E-state index contributed by atoms with van der Waals surface area (Å²) in [6.45, 7) is 3.17. The summed E-state index contributed by atoms with van der Waals surface area (Å²) >= 11 is 9.53. The number of hydrogen-bond donors (Lipinski definition) is 1. The quantitative estimate of drug-likeness (QED) is 0.701. The third-order valence-electron chi connectivity index (χ3n) is 0.940. The van der Waals surface area contributed by atoms with E-state index in [1.807, 2.05) is 18.2 Å². The molecule has 0 aliphatic heterocycles. The van der Waals surface area contributed by atoms with Crippen LogP contribution in [0.15, 0.2) is 30.3 Å². The molecule has 14 heavy (non-hydrogen) atoms. The van der Waals surface area contributed by atoms with Gasteiger partial charge in [-0.15, -0.1) is 23.2 Å². The molecule has 1 aromatic carbocycles. The van der Waals surface area contributed by atoms with Crippen LogP contribution in [0.25, 0.3) is 0 Å². The number of rotatable bonds is 0. The molecule has 0 spiro atoms. The molecule has 0 aliphatic rings. The van der Waals surface area contributed by atoms with Crippen molar-refractivity contribution in [3.8, 4) is 0 Å². The van der Waals surface area contributed by atoms with Crippen molar-refractivity contribution in [3.05, 3.63) is 35.9 Å². The van der Waals surface area contributed by atoms with Gasteiger partial charge < -0.3 is 5.11 Å². The second kappa shape index (κ2) is 12.3. The maximum Gasteiger partial charge on any atom is 0.300 e. The van der Waals surface area contributed by atoms with Gasteiger partial charge in [0.15, 0.2) is 0 Å². The third-order valence-corrected chi connectivity index (χ3v) is 0.940. The van der Waals surface area contributed by atoms with Gasteiger partial charge in [0, 0.05) is 6.92 Å². The molecular formula is C10H14Cl2O2. The third kappa shape index (κ3) is 22.5. The van der Waals surface area contributed by atoms with E-state index in [9.17, 15) is 0 Å². The van der Waals surface area contributed by atoms with E-state index in [1.54, 1.807) is 0 Å². The Bertz CT molecular complexity index is 221. The number of aryl methyl sites for hydroxylation is 1. The van der Waals surface area contributed by atoms with Gasteiger partial charge in [-0.1, -0.05) is 35.9 Å². The van der Waals surface area contributed by atoms with Crippen molar-refractivity contribution in [2.45, 2.75) is 13.8 Å². The van der Waals surface area contributed by atoms with Crippen molar-refractivity contribution in [1.29, 1.82) is 0 Å². The van der Waals surface area contributed by atoms with Crippen molar-refractivity contribution >= 4 is 29.2 Å². The summed E-state index contributed by atoms with van der Waals surface area (Å²) in [4.78, 5) is 9.00. The van der Waals surface area contributed by atoms with Crippen LogP contribution in [0.2, 0.25) is 0 Å². The summed E-state index contributed by atoms with van der Waals surface area (Å²) in [6, 6.07) is 10.3. The zero-order chi connectivity index (χ0) is 11.4. The number of aliphatic carboxylic acids is 1. The van der Waals surface area contributed by atoms with Crippen molar-refractivity contribution in [2.24, 2.45) is 0 Å². The Morgan fingerprint density at radius 3 is 1.71 bits per heavy atom. The Morgan fingerprint density at radius 2 is 1.57 bits per heavy atom. The molecule has 1 rings (SSSR count). The first-order valence-corrected chi connectivity index (χ1v) is 4.94. The summed E-state index contributed by atoms with van der Waals surface area (Å²) in [5.41, 5.74) is 1.32. The number of benzene rings is 1. The summed E-state index contributed by atoms with van der Waals surface area (Å²) in [7, 11) is 0. The minimum Gasteiger partial charge on any atom is -0.481 e. The first-order valence-electron chi connectivity index (χ1n) is 3.87. The van der Waals surface area contributed by atoms with Gasteiger partial charge in [0.05, 0.1) is 5.34 Å². The fourth-order valence-electron chi connectivity index (χ4n) is 0.534. The second-order valence-electron chi connectivity index (χ2n) is 2.27. The largest absolute Gasteiger partial charge is 0.481 e. The van der Waals surface area contributed by atoms with Crippen LogP contribution in [0, 0.1) is 6.92 Å². The molecule has 0 saturated carbocycles. The van der Waals surface area contributed by atoms with Crippen LogP contribution >= 0.6 is 23.2 Å². The first-order chi connectivity index (χ1) is 6.54. The van der Waals surface area contributed by atoms with Gasteiger partial charge in [0.2, 0.25) is 0 Å². The highest BCUT2D eigenvalue weighted by atomic mass is 35.5. The topological polar surface area (TPSA) is 37.3 Å². The molecule has 80 valence electrons. The van der Waals surface area contributed by atoms with Crippen LogP contribution in [-0.4, -0.2) is 16.4 Å². The predicted molar refractivity (Wildman–Crippen MR) is 61.1 cm³/mol. The molecule has 0 amide bonds. The van der Waals surface area contributed by atoms with E-state index in [0.29, 0.717) is 0 Å². The smallest absolute Gasteiger partial charge is 0.300 e. The van der Waals surface area contributed by atoms with Crippen LogP contribution in [0.3, 0.4) is 0 Å². The van der Waals surface area contributed by atoms with Gasteiger partial charge in [0.1, 0.15) is 0 Å². The lowest BCUT2D eigenvalue weighted by Crippen LogP contribution is -1.78. The van der Waals surface area contributed by atoms with Gasteiger partial charge >= 0.3 is 0 Å². The number of carbonyl (C=O) groups is 1. The van der Waals surface area contributed by atoms with Crippen LogP contribution < -0.4 is 0 Å². The van der Waals surface area contributed by atoms with E-state index < -0.39 is 5.97 Å². The Hall–Kier alpha value is -0.730.